The quantitative estimate of drug-likeness (QED) is 0.823. The topological polar surface area (TPSA) is 85.8 Å². The highest BCUT2D eigenvalue weighted by atomic mass is 16.2. The average molecular weight is 259 g/mol. The largest absolute Gasteiger partial charge is 0.350 e. The van der Waals surface area contributed by atoms with Crippen LogP contribution in [0.4, 0.5) is 0 Å². The molecule has 0 aliphatic carbocycles. The number of hydrogen-bond acceptors (Lipinski definition) is 4. The first-order valence-corrected chi connectivity index (χ1v) is 6.16. The molecule has 0 aliphatic rings. The summed E-state index contributed by atoms with van der Waals surface area (Å²) in [5.41, 5.74) is 6.66. The van der Waals surface area contributed by atoms with Crippen LogP contribution in [0.2, 0.25) is 0 Å². The van der Waals surface area contributed by atoms with Crippen molar-refractivity contribution in [3.63, 3.8) is 0 Å². The van der Waals surface area contributed by atoms with Gasteiger partial charge in [-0.1, -0.05) is 30.3 Å². The van der Waals surface area contributed by atoms with Crippen LogP contribution >= 0.6 is 0 Å². The van der Waals surface area contributed by atoms with Crippen molar-refractivity contribution in [2.24, 2.45) is 11.7 Å². The molecular formula is C13H17N5O. The number of para-hydroxylation sites is 1. The van der Waals surface area contributed by atoms with Gasteiger partial charge in [-0.05, 0) is 24.6 Å². The molecule has 1 unspecified atom stereocenters. The number of rotatable bonds is 5. The number of benzene rings is 1. The molecule has 0 saturated heterocycles. The highest BCUT2D eigenvalue weighted by Crippen LogP contribution is 2.05. The first-order valence-electron chi connectivity index (χ1n) is 6.16. The minimum absolute atomic E-state index is 0.234. The molecule has 1 amide bonds. The lowest BCUT2D eigenvalue weighted by Crippen LogP contribution is -2.31. The Labute approximate surface area is 111 Å². The lowest BCUT2D eigenvalue weighted by molar-refractivity contribution is 0.0943. The molecule has 2 aromatic rings. The van der Waals surface area contributed by atoms with Crippen LogP contribution in [0.25, 0.3) is 5.69 Å². The molecule has 19 heavy (non-hydrogen) atoms. The number of carbonyl (C=O) groups is 1. The molecule has 0 fully saturated rings. The monoisotopic (exact) mass is 259 g/mol. The number of carbonyl (C=O) groups excluding carboxylic acids is 1. The second kappa shape index (κ2) is 6.10. The van der Waals surface area contributed by atoms with Crippen LogP contribution in [-0.2, 0) is 0 Å². The van der Waals surface area contributed by atoms with Crippen molar-refractivity contribution in [3.8, 4) is 5.69 Å². The van der Waals surface area contributed by atoms with E-state index in [9.17, 15) is 4.79 Å². The van der Waals surface area contributed by atoms with Crippen LogP contribution < -0.4 is 11.1 Å². The minimum atomic E-state index is -0.234. The second-order valence-electron chi connectivity index (χ2n) is 4.43. The van der Waals surface area contributed by atoms with E-state index in [0.717, 1.165) is 5.69 Å². The zero-order valence-corrected chi connectivity index (χ0v) is 10.8. The van der Waals surface area contributed by atoms with Crippen LogP contribution in [0.3, 0.4) is 0 Å². The van der Waals surface area contributed by atoms with Gasteiger partial charge in [-0.2, -0.15) is 0 Å². The van der Waals surface area contributed by atoms with Crippen molar-refractivity contribution >= 4 is 5.91 Å². The molecule has 6 heteroatoms. The summed E-state index contributed by atoms with van der Waals surface area (Å²) in [7, 11) is 0. The van der Waals surface area contributed by atoms with Gasteiger partial charge in [0.2, 0.25) is 0 Å². The van der Waals surface area contributed by atoms with Gasteiger partial charge in [0.15, 0.2) is 5.69 Å². The number of hydrogen-bond donors (Lipinski definition) is 2. The Bertz CT molecular complexity index is 537. The molecule has 2 rings (SSSR count). The number of aromatic nitrogens is 3. The summed E-state index contributed by atoms with van der Waals surface area (Å²) in [6, 6.07) is 9.52. The lowest BCUT2D eigenvalue weighted by atomic mass is 10.2. The summed E-state index contributed by atoms with van der Waals surface area (Å²) in [6.07, 6.45) is 1.61. The molecule has 1 aromatic heterocycles. The van der Waals surface area contributed by atoms with Crippen LogP contribution in [0.5, 0.6) is 0 Å². The highest BCUT2D eigenvalue weighted by molar-refractivity contribution is 5.91. The summed E-state index contributed by atoms with van der Waals surface area (Å²) in [6.45, 7) is 3.05. The van der Waals surface area contributed by atoms with E-state index in [1.165, 1.54) is 0 Å². The predicted molar refractivity (Wildman–Crippen MR) is 71.9 cm³/mol. The van der Waals surface area contributed by atoms with E-state index >= 15 is 0 Å². The van der Waals surface area contributed by atoms with E-state index in [-0.39, 0.29) is 11.8 Å². The van der Waals surface area contributed by atoms with Gasteiger partial charge >= 0.3 is 0 Å². The van der Waals surface area contributed by atoms with Crippen LogP contribution in [0.1, 0.15) is 17.4 Å². The summed E-state index contributed by atoms with van der Waals surface area (Å²) in [5, 5.41) is 10.6. The zero-order chi connectivity index (χ0) is 13.7. The van der Waals surface area contributed by atoms with E-state index in [0.29, 0.717) is 18.8 Å². The lowest BCUT2D eigenvalue weighted by Gasteiger charge is -2.08. The molecular weight excluding hydrogens is 242 g/mol. The maximum absolute atomic E-state index is 11.8. The molecule has 1 aromatic carbocycles. The second-order valence-corrected chi connectivity index (χ2v) is 4.43. The molecule has 3 N–H and O–H groups in total. The molecule has 1 atom stereocenters. The van der Waals surface area contributed by atoms with Crippen LogP contribution in [0, 0.1) is 5.92 Å². The zero-order valence-electron chi connectivity index (χ0n) is 10.8. The Kier molecular flexibility index (Phi) is 4.25. The Balaban J connectivity index is 2.03. The molecule has 0 aliphatic heterocycles. The van der Waals surface area contributed by atoms with Crippen LogP contribution in [-0.4, -0.2) is 34.0 Å². The third kappa shape index (κ3) is 3.38. The number of nitrogens with zero attached hydrogens (tertiary/aromatic N) is 3. The van der Waals surface area contributed by atoms with Gasteiger partial charge in [0, 0.05) is 6.54 Å². The van der Waals surface area contributed by atoms with E-state index in [2.05, 4.69) is 15.6 Å². The van der Waals surface area contributed by atoms with Gasteiger partial charge in [0.05, 0.1) is 11.9 Å². The van der Waals surface area contributed by atoms with Crippen molar-refractivity contribution in [2.75, 3.05) is 13.1 Å². The summed E-state index contributed by atoms with van der Waals surface area (Å²) in [4.78, 5) is 11.8. The highest BCUT2D eigenvalue weighted by Gasteiger charge is 2.11. The number of nitrogens with two attached hydrogens (primary N) is 1. The summed E-state index contributed by atoms with van der Waals surface area (Å²) < 4.78 is 1.57. The van der Waals surface area contributed by atoms with Gasteiger partial charge in [0.1, 0.15) is 0 Å². The number of nitrogens with one attached hydrogen (secondary N) is 1. The Morgan fingerprint density at radius 2 is 2.16 bits per heavy atom. The van der Waals surface area contributed by atoms with E-state index in [4.69, 9.17) is 5.73 Å². The van der Waals surface area contributed by atoms with Gasteiger partial charge in [0.25, 0.3) is 5.91 Å². The SMILES string of the molecule is CC(CN)CNC(=O)c1cn(-c2ccccc2)nn1. The normalized spacial score (nSPS) is 12.1. The van der Waals surface area contributed by atoms with Crippen molar-refractivity contribution < 1.29 is 4.79 Å². The van der Waals surface area contributed by atoms with E-state index in [1.807, 2.05) is 37.3 Å². The molecule has 1 heterocycles. The predicted octanol–water partition coefficient (Wildman–Crippen LogP) is 0.592. The van der Waals surface area contributed by atoms with Crippen LogP contribution in [0.15, 0.2) is 36.5 Å². The fourth-order valence-corrected chi connectivity index (χ4v) is 1.52. The van der Waals surface area contributed by atoms with Crippen molar-refractivity contribution in [1.82, 2.24) is 20.3 Å². The average Bonchev–Trinajstić information content (AvgIpc) is 2.95. The first-order chi connectivity index (χ1) is 9.20. The Hall–Kier alpha value is -2.21. The maximum Gasteiger partial charge on any atom is 0.273 e. The summed E-state index contributed by atoms with van der Waals surface area (Å²) in [5.74, 6) is 0.00981. The molecule has 6 nitrogen and oxygen atoms in total. The molecule has 0 spiro atoms. The van der Waals surface area contributed by atoms with E-state index < -0.39 is 0 Å². The minimum Gasteiger partial charge on any atom is -0.350 e. The molecule has 0 radical (unpaired) electrons. The van der Waals surface area contributed by atoms with Gasteiger partial charge < -0.3 is 11.1 Å². The van der Waals surface area contributed by atoms with E-state index in [1.54, 1.807) is 10.9 Å². The van der Waals surface area contributed by atoms with Gasteiger partial charge in [-0.25, -0.2) is 4.68 Å². The first kappa shape index (κ1) is 13.2. The Morgan fingerprint density at radius 1 is 1.42 bits per heavy atom. The third-order valence-electron chi connectivity index (χ3n) is 2.76. The fourth-order valence-electron chi connectivity index (χ4n) is 1.52. The maximum atomic E-state index is 11.8. The third-order valence-corrected chi connectivity index (χ3v) is 2.76. The standard InChI is InChI=1S/C13H17N5O/c1-10(7-14)8-15-13(19)12-9-18(17-16-12)11-5-3-2-4-6-11/h2-6,9-10H,7-8,14H2,1H3,(H,15,19). The smallest absolute Gasteiger partial charge is 0.273 e. The summed E-state index contributed by atoms with van der Waals surface area (Å²) >= 11 is 0. The fraction of sp³-hybridized carbons (Fsp3) is 0.308. The van der Waals surface area contributed by atoms with Crippen molar-refractivity contribution in [3.05, 3.63) is 42.2 Å². The number of amides is 1. The van der Waals surface area contributed by atoms with Crippen molar-refractivity contribution in [1.29, 1.82) is 0 Å². The molecule has 0 saturated carbocycles. The van der Waals surface area contributed by atoms with Gasteiger partial charge in [-0.15, -0.1) is 5.10 Å². The van der Waals surface area contributed by atoms with Crippen molar-refractivity contribution in [2.45, 2.75) is 6.92 Å². The molecule has 0 bridgehead atoms. The molecule has 100 valence electrons. The Morgan fingerprint density at radius 3 is 2.84 bits per heavy atom. The van der Waals surface area contributed by atoms with Gasteiger partial charge in [-0.3, -0.25) is 4.79 Å².